The fourth-order valence-corrected chi connectivity index (χ4v) is 4.39. The highest BCUT2D eigenvalue weighted by molar-refractivity contribution is 7.89. The van der Waals surface area contributed by atoms with Gasteiger partial charge in [0.15, 0.2) is 0 Å². The Bertz CT molecular complexity index is 1210. The summed E-state index contributed by atoms with van der Waals surface area (Å²) in [7, 11) is -3.82. The van der Waals surface area contributed by atoms with Gasteiger partial charge in [0.25, 0.3) is 0 Å². The first kappa shape index (κ1) is 24.2. The third-order valence-corrected chi connectivity index (χ3v) is 6.35. The van der Waals surface area contributed by atoms with Gasteiger partial charge in [-0.05, 0) is 36.8 Å². The Hall–Kier alpha value is -3.44. The number of rotatable bonds is 9. The smallest absolute Gasteiger partial charge is 0.338 e. The van der Waals surface area contributed by atoms with Gasteiger partial charge >= 0.3 is 18.0 Å². The molecule has 1 aliphatic heterocycles. The molecule has 0 radical (unpaired) electrons. The molecule has 11 heteroatoms. The second-order valence-corrected chi connectivity index (χ2v) is 9.02. The molecule has 2 amide bonds. The lowest BCUT2D eigenvalue weighted by atomic mass is 10.0. The number of ether oxygens (including phenoxy) is 2. The van der Waals surface area contributed by atoms with Gasteiger partial charge in [0.2, 0.25) is 10.0 Å². The van der Waals surface area contributed by atoms with Crippen LogP contribution in [0.4, 0.5) is 4.79 Å². The van der Waals surface area contributed by atoms with Crippen LogP contribution in [0.3, 0.4) is 0 Å². The molecule has 0 saturated heterocycles. The molecule has 10 nitrogen and oxygen atoms in total. The number of carbonyl (C=O) groups excluding carboxylic acids is 3. The minimum Gasteiger partial charge on any atom is -0.463 e. The van der Waals surface area contributed by atoms with E-state index in [2.05, 4.69) is 15.4 Å². The maximum Gasteiger partial charge on any atom is 0.338 e. The van der Waals surface area contributed by atoms with Crippen molar-refractivity contribution in [1.29, 1.82) is 0 Å². The van der Waals surface area contributed by atoms with E-state index in [9.17, 15) is 22.8 Å². The van der Waals surface area contributed by atoms with E-state index in [0.29, 0.717) is 0 Å². The summed E-state index contributed by atoms with van der Waals surface area (Å²) in [5.74, 6) is -1.33. The Morgan fingerprint density at radius 1 is 1.09 bits per heavy atom. The van der Waals surface area contributed by atoms with Crippen LogP contribution in [0.5, 0.6) is 0 Å². The molecular weight excluding hydrogens is 450 g/mol. The van der Waals surface area contributed by atoms with Crippen molar-refractivity contribution in [2.24, 2.45) is 0 Å². The van der Waals surface area contributed by atoms with E-state index in [0.717, 1.165) is 10.8 Å². The average Bonchev–Trinajstić information content (AvgIpc) is 2.77. The average molecular weight is 476 g/mol. The van der Waals surface area contributed by atoms with Crippen LogP contribution < -0.4 is 15.4 Å². The van der Waals surface area contributed by atoms with Gasteiger partial charge in [-0.3, -0.25) is 4.79 Å². The zero-order valence-corrected chi connectivity index (χ0v) is 19.0. The van der Waals surface area contributed by atoms with Gasteiger partial charge in [-0.1, -0.05) is 30.3 Å². The number of urea groups is 1. The second-order valence-electron chi connectivity index (χ2n) is 7.25. The molecule has 0 fully saturated rings. The second kappa shape index (κ2) is 10.5. The number of sulfonamides is 1. The van der Waals surface area contributed by atoms with E-state index in [1.54, 1.807) is 26.0 Å². The van der Waals surface area contributed by atoms with Gasteiger partial charge in [0.05, 0.1) is 35.2 Å². The first-order valence-corrected chi connectivity index (χ1v) is 11.8. The number of amides is 2. The molecule has 0 spiro atoms. The Kier molecular flexibility index (Phi) is 7.67. The van der Waals surface area contributed by atoms with Crippen molar-refractivity contribution in [3.8, 4) is 0 Å². The monoisotopic (exact) mass is 475 g/mol. The molecule has 2 aromatic rings. The molecular formula is C22H25N3O7S. The van der Waals surface area contributed by atoms with Crippen LogP contribution in [-0.2, 0) is 29.1 Å². The maximum atomic E-state index is 12.5. The van der Waals surface area contributed by atoms with Crippen molar-refractivity contribution < 1.29 is 32.3 Å². The third-order valence-electron chi connectivity index (χ3n) is 4.90. The normalized spacial score (nSPS) is 16.2. The summed E-state index contributed by atoms with van der Waals surface area (Å²) in [6.45, 7) is 2.86. The number of hydrogen-bond acceptors (Lipinski definition) is 7. The van der Waals surface area contributed by atoms with E-state index in [4.69, 9.17) is 9.47 Å². The molecule has 1 heterocycles. The number of nitrogens with one attached hydrogen (secondary N) is 3. The van der Waals surface area contributed by atoms with Crippen molar-refractivity contribution in [2.75, 3.05) is 19.8 Å². The minimum atomic E-state index is -3.82. The van der Waals surface area contributed by atoms with E-state index >= 15 is 0 Å². The molecule has 176 valence electrons. The number of esters is 2. The molecule has 2 aromatic carbocycles. The van der Waals surface area contributed by atoms with Gasteiger partial charge in [-0.15, -0.1) is 0 Å². The van der Waals surface area contributed by atoms with Crippen molar-refractivity contribution in [1.82, 2.24) is 15.4 Å². The van der Waals surface area contributed by atoms with Crippen molar-refractivity contribution in [2.45, 2.75) is 31.2 Å². The van der Waals surface area contributed by atoms with Crippen molar-refractivity contribution >= 4 is 38.8 Å². The van der Waals surface area contributed by atoms with E-state index in [1.807, 2.05) is 24.3 Å². The van der Waals surface area contributed by atoms with Gasteiger partial charge in [0, 0.05) is 6.54 Å². The third kappa shape index (κ3) is 6.08. The van der Waals surface area contributed by atoms with Crippen LogP contribution in [0.2, 0.25) is 0 Å². The van der Waals surface area contributed by atoms with Crippen LogP contribution in [0.1, 0.15) is 20.3 Å². The zero-order chi connectivity index (χ0) is 24.0. The zero-order valence-electron chi connectivity index (χ0n) is 18.2. The summed E-state index contributed by atoms with van der Waals surface area (Å²) in [4.78, 5) is 36.1. The molecule has 0 saturated carbocycles. The highest BCUT2D eigenvalue weighted by Crippen LogP contribution is 2.19. The first-order chi connectivity index (χ1) is 15.7. The lowest BCUT2D eigenvalue weighted by Crippen LogP contribution is -2.50. The predicted molar refractivity (Wildman–Crippen MR) is 120 cm³/mol. The van der Waals surface area contributed by atoms with Crippen LogP contribution in [0.25, 0.3) is 10.8 Å². The standard InChI is InChI=1S/C22H25N3O7S/c1-3-31-21(27)20-14(2)24-22(28)25-18(20)13-32-19(26)10-11-23-33(29,30)17-9-8-15-6-4-5-7-16(15)12-17/h4-9,12,14,23H,3,10-11,13H2,1-2H3,(H2,24,25,28). The van der Waals surface area contributed by atoms with Crippen molar-refractivity contribution in [3.05, 3.63) is 53.7 Å². The molecule has 3 rings (SSSR count). The molecule has 33 heavy (non-hydrogen) atoms. The largest absolute Gasteiger partial charge is 0.463 e. The summed E-state index contributed by atoms with van der Waals surface area (Å²) in [5, 5.41) is 6.68. The summed E-state index contributed by atoms with van der Waals surface area (Å²) in [5.41, 5.74) is 0.274. The fourth-order valence-electron chi connectivity index (χ4n) is 3.32. The topological polar surface area (TPSA) is 140 Å². The Morgan fingerprint density at radius 3 is 2.55 bits per heavy atom. The molecule has 0 aromatic heterocycles. The van der Waals surface area contributed by atoms with Crippen molar-refractivity contribution in [3.63, 3.8) is 0 Å². The number of hydrogen-bond donors (Lipinski definition) is 3. The fraction of sp³-hybridized carbons (Fsp3) is 0.318. The van der Waals surface area contributed by atoms with E-state index in [1.165, 1.54) is 6.07 Å². The number of carbonyl (C=O) groups is 3. The molecule has 0 bridgehead atoms. The lowest BCUT2D eigenvalue weighted by Gasteiger charge is -2.26. The van der Waals surface area contributed by atoms with Crippen LogP contribution in [0.15, 0.2) is 58.6 Å². The number of fused-ring (bicyclic) bond motifs is 1. The van der Waals surface area contributed by atoms with Gasteiger partial charge in [0.1, 0.15) is 6.61 Å². The summed E-state index contributed by atoms with van der Waals surface area (Å²) < 4.78 is 37.6. The molecule has 1 unspecified atom stereocenters. The Balaban J connectivity index is 1.57. The molecule has 1 atom stereocenters. The van der Waals surface area contributed by atoms with Gasteiger partial charge in [-0.2, -0.15) is 0 Å². The SMILES string of the molecule is CCOC(=O)C1=C(COC(=O)CCNS(=O)(=O)c2ccc3ccccc3c2)NC(=O)NC1C. The van der Waals surface area contributed by atoms with Crippen LogP contribution in [0, 0.1) is 0 Å². The highest BCUT2D eigenvalue weighted by Gasteiger charge is 2.30. The molecule has 0 aliphatic carbocycles. The minimum absolute atomic E-state index is 0.0882. The Labute approximate surface area is 191 Å². The predicted octanol–water partition coefficient (Wildman–Crippen LogP) is 1.57. The quantitative estimate of drug-likeness (QED) is 0.468. The van der Waals surface area contributed by atoms with E-state index in [-0.39, 0.29) is 42.3 Å². The van der Waals surface area contributed by atoms with Gasteiger partial charge < -0.3 is 20.1 Å². The molecule has 1 aliphatic rings. The van der Waals surface area contributed by atoms with E-state index < -0.39 is 34.0 Å². The summed E-state index contributed by atoms with van der Waals surface area (Å²) in [6, 6.07) is 11.0. The highest BCUT2D eigenvalue weighted by atomic mass is 32.2. The maximum absolute atomic E-state index is 12.5. The lowest BCUT2D eigenvalue weighted by molar-refractivity contribution is -0.143. The molecule has 3 N–H and O–H groups in total. The number of benzene rings is 2. The summed E-state index contributed by atoms with van der Waals surface area (Å²) >= 11 is 0. The first-order valence-electron chi connectivity index (χ1n) is 10.3. The van der Waals surface area contributed by atoms with Crippen LogP contribution in [-0.4, -0.2) is 52.2 Å². The van der Waals surface area contributed by atoms with Gasteiger partial charge in [-0.25, -0.2) is 22.7 Å². The Morgan fingerprint density at radius 2 is 1.82 bits per heavy atom. The van der Waals surface area contributed by atoms with Crippen LogP contribution >= 0.6 is 0 Å². The summed E-state index contributed by atoms with van der Waals surface area (Å²) in [6.07, 6.45) is -0.240.